The number of benzene rings is 1. The summed E-state index contributed by atoms with van der Waals surface area (Å²) in [5.74, 6) is 5.27. The van der Waals surface area contributed by atoms with Crippen molar-refractivity contribution in [3.63, 3.8) is 0 Å². The van der Waals surface area contributed by atoms with Crippen LogP contribution in [0.3, 0.4) is 0 Å². The molecule has 198 valence electrons. The van der Waals surface area contributed by atoms with Crippen molar-refractivity contribution in [2.75, 3.05) is 39.5 Å². The predicted molar refractivity (Wildman–Crippen MR) is 145 cm³/mol. The van der Waals surface area contributed by atoms with Crippen molar-refractivity contribution in [2.24, 2.45) is 0 Å². The normalized spacial score (nSPS) is 21.9. The minimum atomic E-state index is -2.26. The van der Waals surface area contributed by atoms with Crippen LogP contribution in [-0.4, -0.2) is 74.9 Å². The molecule has 2 saturated heterocycles. The molecule has 3 aromatic rings. The number of hydrogen-bond acceptors (Lipinski definition) is 7. The van der Waals surface area contributed by atoms with Crippen LogP contribution in [0.15, 0.2) is 48.9 Å². The van der Waals surface area contributed by atoms with Crippen LogP contribution in [0.4, 0.5) is 5.82 Å². The van der Waals surface area contributed by atoms with Gasteiger partial charge in [0, 0.05) is 42.7 Å². The molecule has 2 fully saturated rings. The zero-order valence-electron chi connectivity index (χ0n) is 23.7. The van der Waals surface area contributed by atoms with E-state index < -0.39 is 18.1 Å². The van der Waals surface area contributed by atoms with Gasteiger partial charge in [0.1, 0.15) is 6.56 Å². The van der Waals surface area contributed by atoms with Gasteiger partial charge in [-0.2, -0.15) is 5.10 Å². The van der Waals surface area contributed by atoms with Crippen LogP contribution in [0.5, 0.6) is 5.75 Å². The molecule has 2 aromatic heterocycles. The molecule has 0 saturated carbocycles. The number of piperidine rings is 2. The monoisotopic (exact) mass is 516 g/mol. The Morgan fingerprint density at radius 1 is 1.21 bits per heavy atom. The Labute approximate surface area is 226 Å². The smallest absolute Gasteiger partial charge is 0.267 e. The van der Waals surface area contributed by atoms with E-state index in [1.165, 1.54) is 11.0 Å². The van der Waals surface area contributed by atoms with E-state index in [0.29, 0.717) is 30.1 Å². The third-order valence-corrected chi connectivity index (χ3v) is 7.17. The van der Waals surface area contributed by atoms with Gasteiger partial charge in [-0.15, -0.1) is 0 Å². The molecule has 3 N–H and O–H groups in total. The number of carbonyl (C=O) groups excluding carboxylic acids is 1. The van der Waals surface area contributed by atoms with E-state index in [1.807, 2.05) is 10.9 Å². The third kappa shape index (κ3) is 5.67. The molecular formula is C29H34N6O3. The van der Waals surface area contributed by atoms with Gasteiger partial charge in [-0.25, -0.2) is 4.98 Å². The molecule has 1 amide bonds. The predicted octanol–water partition coefficient (Wildman–Crippen LogP) is 2.71. The van der Waals surface area contributed by atoms with E-state index >= 15 is 0 Å². The SMILES string of the molecule is [2H]C([2H])(Oc1cc(-c2cnn(C3CCN(C)CC3)c2)cnc1N)c1cccc(C#CC2(O)CCCN(C)C2=O)c1. The van der Waals surface area contributed by atoms with E-state index in [9.17, 15) is 9.90 Å². The Morgan fingerprint density at radius 2 is 2.03 bits per heavy atom. The number of nitrogen functional groups attached to an aromatic ring is 1. The number of nitrogens with two attached hydrogens (primary N) is 1. The molecule has 0 spiro atoms. The highest BCUT2D eigenvalue weighted by Gasteiger charge is 2.39. The number of pyridine rings is 1. The molecule has 4 heterocycles. The Balaban J connectivity index is 1.34. The van der Waals surface area contributed by atoms with E-state index in [0.717, 1.165) is 31.5 Å². The number of rotatable bonds is 5. The first-order chi connectivity index (χ1) is 19.0. The van der Waals surface area contributed by atoms with E-state index in [1.54, 1.807) is 43.7 Å². The number of amides is 1. The first kappa shape index (κ1) is 23.3. The first-order valence-corrected chi connectivity index (χ1v) is 12.8. The summed E-state index contributed by atoms with van der Waals surface area (Å²) in [5.41, 5.74) is 6.53. The number of ether oxygens (including phenoxy) is 1. The van der Waals surface area contributed by atoms with Crippen molar-refractivity contribution in [2.45, 2.75) is 43.9 Å². The van der Waals surface area contributed by atoms with Crippen LogP contribution in [0, 0.1) is 11.8 Å². The largest absolute Gasteiger partial charge is 0.485 e. The molecule has 9 nitrogen and oxygen atoms in total. The Bertz CT molecular complexity index is 1460. The maximum atomic E-state index is 12.4. The van der Waals surface area contributed by atoms with Crippen LogP contribution in [0.1, 0.15) is 45.6 Å². The number of anilines is 1. The number of hydrogen-bond donors (Lipinski definition) is 2. The summed E-state index contributed by atoms with van der Waals surface area (Å²) in [4.78, 5) is 20.4. The average molecular weight is 517 g/mol. The molecule has 2 aliphatic rings. The number of aromatic nitrogens is 3. The molecular weight excluding hydrogens is 480 g/mol. The lowest BCUT2D eigenvalue weighted by molar-refractivity contribution is -0.148. The quantitative estimate of drug-likeness (QED) is 0.502. The van der Waals surface area contributed by atoms with Crippen molar-refractivity contribution in [3.8, 4) is 28.7 Å². The molecule has 1 atom stereocenters. The summed E-state index contributed by atoms with van der Waals surface area (Å²) >= 11 is 0. The third-order valence-electron chi connectivity index (χ3n) is 7.17. The van der Waals surface area contributed by atoms with Crippen LogP contribution in [0.2, 0.25) is 0 Å². The highest BCUT2D eigenvalue weighted by Crippen LogP contribution is 2.29. The number of likely N-dealkylation sites (N-methyl/N-ethyl adjacent to an activating group) is 1. The van der Waals surface area contributed by atoms with Gasteiger partial charge in [-0.1, -0.05) is 24.0 Å². The van der Waals surface area contributed by atoms with Crippen molar-refractivity contribution >= 4 is 11.7 Å². The summed E-state index contributed by atoms with van der Waals surface area (Å²) in [6, 6.07) is 8.45. The lowest BCUT2D eigenvalue weighted by Gasteiger charge is -2.32. The summed E-state index contributed by atoms with van der Waals surface area (Å²) in [5, 5.41) is 15.3. The van der Waals surface area contributed by atoms with Gasteiger partial charge in [0.05, 0.1) is 15.0 Å². The van der Waals surface area contributed by atoms with Gasteiger partial charge in [0.15, 0.2) is 11.6 Å². The van der Waals surface area contributed by atoms with Crippen molar-refractivity contribution < 1.29 is 17.4 Å². The summed E-state index contributed by atoms with van der Waals surface area (Å²) in [6.07, 6.45) is 8.34. The van der Waals surface area contributed by atoms with E-state index in [-0.39, 0.29) is 23.6 Å². The number of aliphatic hydroxyl groups is 1. The molecule has 9 heteroatoms. The standard InChI is InChI=1S/C29H34N6O3/c1-33-13-8-25(9-14-33)35-19-24(18-32-35)23-16-26(27(30)31-17-23)38-20-22-6-3-5-21(15-22)7-11-29(37)10-4-12-34(2)28(29)36/h3,5-6,15-19,25,37H,4,8-10,12-14,20H2,1-2H3,(H2,30,31)/i20D2. The number of nitrogens with zero attached hydrogens (tertiary/aromatic N) is 5. The van der Waals surface area contributed by atoms with Crippen LogP contribution >= 0.6 is 0 Å². The second kappa shape index (κ2) is 10.9. The lowest BCUT2D eigenvalue weighted by atomic mass is 9.92. The van der Waals surface area contributed by atoms with E-state index in [4.69, 9.17) is 13.2 Å². The second-order valence-corrected chi connectivity index (χ2v) is 10.1. The van der Waals surface area contributed by atoms with Crippen LogP contribution in [0.25, 0.3) is 11.1 Å². The average Bonchev–Trinajstić information content (AvgIpc) is 3.43. The first-order valence-electron chi connectivity index (χ1n) is 13.8. The lowest BCUT2D eigenvalue weighted by Crippen LogP contribution is -2.51. The van der Waals surface area contributed by atoms with Gasteiger partial charge in [-0.05, 0) is 69.6 Å². The molecule has 0 radical (unpaired) electrons. The molecule has 1 unspecified atom stereocenters. The van der Waals surface area contributed by atoms with Gasteiger partial charge in [-0.3, -0.25) is 9.48 Å². The second-order valence-electron chi connectivity index (χ2n) is 10.1. The maximum absolute atomic E-state index is 12.4. The van der Waals surface area contributed by atoms with Gasteiger partial charge in [0.25, 0.3) is 5.91 Å². The minimum absolute atomic E-state index is 0.0634. The number of likely N-dealkylation sites (tertiary alicyclic amines) is 2. The summed E-state index contributed by atoms with van der Waals surface area (Å²) in [7, 11) is 3.76. The van der Waals surface area contributed by atoms with Gasteiger partial charge >= 0.3 is 0 Å². The Hall–Kier alpha value is -3.87. The topological polar surface area (TPSA) is 110 Å². The zero-order valence-corrected chi connectivity index (χ0v) is 21.7. The maximum Gasteiger partial charge on any atom is 0.267 e. The molecule has 38 heavy (non-hydrogen) atoms. The van der Waals surface area contributed by atoms with Gasteiger partial charge in [0.2, 0.25) is 5.60 Å². The fraction of sp³-hybridized carbons (Fsp3) is 0.414. The molecule has 5 rings (SSSR count). The van der Waals surface area contributed by atoms with Crippen molar-refractivity contribution in [1.82, 2.24) is 24.6 Å². The Morgan fingerprint density at radius 3 is 2.84 bits per heavy atom. The fourth-order valence-electron chi connectivity index (χ4n) is 4.80. The highest BCUT2D eigenvalue weighted by atomic mass is 16.5. The van der Waals surface area contributed by atoms with E-state index in [2.05, 4.69) is 33.9 Å². The molecule has 0 bridgehead atoms. The summed E-state index contributed by atoms with van der Waals surface area (Å²) < 4.78 is 25.0. The number of carbonyl (C=O) groups is 1. The Kier molecular flexibility index (Phi) is 6.65. The van der Waals surface area contributed by atoms with Gasteiger partial charge < -0.3 is 25.4 Å². The molecule has 0 aliphatic carbocycles. The minimum Gasteiger partial charge on any atom is -0.485 e. The van der Waals surface area contributed by atoms with Crippen LogP contribution in [-0.2, 0) is 11.4 Å². The van der Waals surface area contributed by atoms with Crippen molar-refractivity contribution in [3.05, 3.63) is 60.0 Å². The highest BCUT2D eigenvalue weighted by molar-refractivity contribution is 5.89. The summed E-state index contributed by atoms with van der Waals surface area (Å²) in [6.45, 7) is 0.372. The molecule has 1 aromatic carbocycles. The van der Waals surface area contributed by atoms with Crippen molar-refractivity contribution in [1.29, 1.82) is 0 Å². The zero-order chi connectivity index (χ0) is 28.5. The molecule has 2 aliphatic heterocycles. The fourth-order valence-corrected chi connectivity index (χ4v) is 4.80. The van der Waals surface area contributed by atoms with Crippen LogP contribution < -0.4 is 10.5 Å².